The fourth-order valence-corrected chi connectivity index (χ4v) is 3.54. The number of thiol groups is 1. The van der Waals surface area contributed by atoms with E-state index in [4.69, 9.17) is 5.73 Å². The Morgan fingerprint density at radius 1 is 1.16 bits per heavy atom. The highest BCUT2D eigenvalue weighted by Crippen LogP contribution is 2.21. The molecule has 1 heterocycles. The van der Waals surface area contributed by atoms with Gasteiger partial charge in [-0.15, -0.1) is 10.2 Å². The molecule has 0 aliphatic rings. The Balaban J connectivity index is 2.28. The van der Waals surface area contributed by atoms with Gasteiger partial charge in [-0.2, -0.15) is 0 Å². The summed E-state index contributed by atoms with van der Waals surface area (Å²) in [7, 11) is -6.72. The predicted octanol–water partition coefficient (Wildman–Crippen LogP) is -0.109. The molecule has 19 heavy (non-hydrogen) atoms. The van der Waals surface area contributed by atoms with Crippen molar-refractivity contribution in [2.45, 2.75) is 9.24 Å². The van der Waals surface area contributed by atoms with Crippen molar-refractivity contribution >= 4 is 42.9 Å². The first-order valence-electron chi connectivity index (χ1n) is 4.75. The van der Waals surface area contributed by atoms with E-state index in [1.165, 1.54) is 24.3 Å². The lowest BCUT2D eigenvalue weighted by Crippen LogP contribution is -2.12. The molecule has 0 unspecified atom stereocenters. The van der Waals surface area contributed by atoms with Gasteiger partial charge in [-0.25, -0.2) is 16.8 Å². The number of hydrogen-bond donors (Lipinski definition) is 3. The maximum atomic E-state index is 11.9. The summed E-state index contributed by atoms with van der Waals surface area (Å²) < 4.78 is 47.0. The number of rotatable bonds is 4. The highest BCUT2D eigenvalue weighted by molar-refractivity contribution is 7.93. The smallest absolute Gasteiger partial charge is 0.263 e. The van der Waals surface area contributed by atoms with Gasteiger partial charge >= 0.3 is 0 Å². The first-order valence-corrected chi connectivity index (χ1v) is 8.22. The van der Waals surface area contributed by atoms with Gasteiger partial charge in [0.2, 0.25) is 9.47 Å². The molecule has 0 spiro atoms. The van der Waals surface area contributed by atoms with Gasteiger partial charge in [0.25, 0.3) is 10.0 Å². The van der Waals surface area contributed by atoms with Gasteiger partial charge in [-0.3, -0.25) is 4.72 Å². The SMILES string of the molecule is Nc1ccc(S(=O)(=O)Nc2nnc([SH](=O)=O)s2)cc1. The molecule has 0 saturated heterocycles. The van der Waals surface area contributed by atoms with Crippen molar-refractivity contribution in [3.05, 3.63) is 24.3 Å². The summed E-state index contributed by atoms with van der Waals surface area (Å²) in [5.74, 6) is 0. The molecule has 0 aliphatic carbocycles. The minimum atomic E-state index is -3.84. The highest BCUT2D eigenvalue weighted by atomic mass is 32.2. The second-order valence-electron chi connectivity index (χ2n) is 3.32. The molecule has 0 atom stereocenters. The van der Waals surface area contributed by atoms with Crippen LogP contribution in [0, 0.1) is 0 Å². The molecule has 0 radical (unpaired) electrons. The van der Waals surface area contributed by atoms with Crippen LogP contribution < -0.4 is 10.5 Å². The largest absolute Gasteiger partial charge is 0.399 e. The van der Waals surface area contributed by atoms with Gasteiger partial charge in [-0.05, 0) is 24.3 Å². The fourth-order valence-electron chi connectivity index (χ4n) is 1.15. The van der Waals surface area contributed by atoms with E-state index in [0.29, 0.717) is 17.0 Å². The number of nitrogens with one attached hydrogen (secondary N) is 1. The number of nitrogen functional groups attached to an aromatic ring is 1. The van der Waals surface area contributed by atoms with E-state index >= 15 is 0 Å². The second-order valence-corrected chi connectivity index (χ2v) is 7.22. The number of nitrogens with zero attached hydrogens (tertiary/aromatic N) is 2. The number of nitrogens with two attached hydrogens (primary N) is 1. The Morgan fingerprint density at radius 2 is 1.79 bits per heavy atom. The van der Waals surface area contributed by atoms with Crippen molar-refractivity contribution < 1.29 is 16.8 Å². The molecule has 0 fully saturated rings. The van der Waals surface area contributed by atoms with E-state index in [1.807, 2.05) is 0 Å². The monoisotopic (exact) mass is 320 g/mol. The average Bonchev–Trinajstić information content (AvgIpc) is 2.77. The molecule has 8 nitrogen and oxygen atoms in total. The summed E-state index contributed by atoms with van der Waals surface area (Å²) in [6, 6.07) is 5.53. The second kappa shape index (κ2) is 5.11. The van der Waals surface area contributed by atoms with Crippen LogP contribution in [-0.4, -0.2) is 27.0 Å². The van der Waals surface area contributed by atoms with Crippen molar-refractivity contribution in [3.8, 4) is 0 Å². The van der Waals surface area contributed by atoms with Crippen molar-refractivity contribution in [1.29, 1.82) is 0 Å². The molecule has 0 saturated carbocycles. The average molecular weight is 320 g/mol. The summed E-state index contributed by atoms with van der Waals surface area (Å²) >= 11 is 0.632. The third kappa shape index (κ3) is 3.19. The topological polar surface area (TPSA) is 132 Å². The summed E-state index contributed by atoms with van der Waals surface area (Å²) in [6.07, 6.45) is 0. The van der Waals surface area contributed by atoms with Crippen LogP contribution in [0.5, 0.6) is 0 Å². The van der Waals surface area contributed by atoms with Crippen molar-refractivity contribution in [2.75, 3.05) is 10.5 Å². The first kappa shape index (κ1) is 13.7. The van der Waals surface area contributed by atoms with Crippen LogP contribution >= 0.6 is 11.3 Å². The first-order chi connectivity index (χ1) is 8.88. The van der Waals surface area contributed by atoms with Gasteiger partial charge in [0.15, 0.2) is 10.7 Å². The minimum Gasteiger partial charge on any atom is -0.399 e. The lowest BCUT2D eigenvalue weighted by molar-refractivity contribution is 0.601. The zero-order chi connectivity index (χ0) is 14.0. The Labute approximate surface area is 114 Å². The van der Waals surface area contributed by atoms with Crippen molar-refractivity contribution in [1.82, 2.24) is 10.2 Å². The molecule has 1 aromatic carbocycles. The molecule has 0 aliphatic heterocycles. The summed E-state index contributed by atoms with van der Waals surface area (Å²) in [4.78, 5) is -0.00930. The molecule has 0 bridgehead atoms. The third-order valence-electron chi connectivity index (χ3n) is 1.98. The van der Waals surface area contributed by atoms with Crippen LogP contribution in [-0.2, 0) is 20.7 Å². The number of hydrogen-bond acceptors (Lipinski definition) is 8. The molecule has 102 valence electrons. The summed E-state index contributed by atoms with van der Waals surface area (Å²) in [5.41, 5.74) is 5.89. The molecule has 1 aromatic heterocycles. The van der Waals surface area contributed by atoms with Crippen LogP contribution in [0.15, 0.2) is 33.5 Å². The summed E-state index contributed by atoms with van der Waals surface area (Å²) in [6.45, 7) is 0. The number of anilines is 2. The third-order valence-corrected chi connectivity index (χ3v) is 5.23. The van der Waals surface area contributed by atoms with Crippen molar-refractivity contribution in [3.63, 3.8) is 0 Å². The summed E-state index contributed by atoms with van der Waals surface area (Å²) in [5, 5.41) is 6.65. The Morgan fingerprint density at radius 3 is 2.32 bits per heavy atom. The molecule has 3 N–H and O–H groups in total. The lowest BCUT2D eigenvalue weighted by Gasteiger charge is -2.04. The number of sulfonamides is 1. The van der Waals surface area contributed by atoms with Crippen molar-refractivity contribution in [2.24, 2.45) is 0 Å². The maximum Gasteiger partial charge on any atom is 0.263 e. The van der Waals surface area contributed by atoms with E-state index in [-0.39, 0.29) is 14.4 Å². The lowest BCUT2D eigenvalue weighted by atomic mass is 10.3. The quantitative estimate of drug-likeness (QED) is 0.529. The van der Waals surface area contributed by atoms with Gasteiger partial charge in [-0.1, -0.05) is 11.3 Å². The fraction of sp³-hybridized carbons (Fsp3) is 0. The molecule has 0 amide bonds. The predicted molar refractivity (Wildman–Crippen MR) is 70.2 cm³/mol. The van der Waals surface area contributed by atoms with Gasteiger partial charge < -0.3 is 5.73 Å². The van der Waals surface area contributed by atoms with Gasteiger partial charge in [0, 0.05) is 5.69 Å². The number of aromatic nitrogens is 2. The highest BCUT2D eigenvalue weighted by Gasteiger charge is 2.17. The van der Waals surface area contributed by atoms with Gasteiger partial charge in [0.05, 0.1) is 4.90 Å². The minimum absolute atomic E-state index is 0.00930. The van der Waals surface area contributed by atoms with Crippen LogP contribution in [0.1, 0.15) is 0 Å². The van der Waals surface area contributed by atoms with E-state index in [2.05, 4.69) is 14.9 Å². The maximum absolute atomic E-state index is 11.9. The Kier molecular flexibility index (Phi) is 3.68. The van der Waals surface area contributed by atoms with E-state index in [9.17, 15) is 16.8 Å². The Bertz CT molecular complexity index is 756. The van der Waals surface area contributed by atoms with E-state index in [1.54, 1.807) is 0 Å². The zero-order valence-corrected chi connectivity index (χ0v) is 11.7. The molecular weight excluding hydrogens is 312 g/mol. The van der Waals surface area contributed by atoms with Crippen LogP contribution in [0.3, 0.4) is 0 Å². The molecule has 11 heteroatoms. The zero-order valence-electron chi connectivity index (χ0n) is 9.18. The number of benzene rings is 1. The standard InChI is InChI=1S/C8H8N4O4S3/c9-5-1-3-6(4-2-5)19(15,16)12-7-10-11-8(17-7)18(13)14/h1-4,18H,9H2,(H,10,12). The van der Waals surface area contributed by atoms with Crippen LogP contribution in [0.25, 0.3) is 0 Å². The normalized spacial score (nSPS) is 11.6. The molecule has 2 aromatic rings. The van der Waals surface area contributed by atoms with E-state index < -0.39 is 20.7 Å². The molecular formula is C8H8N4O4S3. The van der Waals surface area contributed by atoms with Crippen LogP contribution in [0.4, 0.5) is 10.8 Å². The van der Waals surface area contributed by atoms with E-state index in [0.717, 1.165) is 0 Å². The molecule has 2 rings (SSSR count). The van der Waals surface area contributed by atoms with Gasteiger partial charge in [0.1, 0.15) is 0 Å². The van der Waals surface area contributed by atoms with Crippen LogP contribution in [0.2, 0.25) is 0 Å². The Hall–Kier alpha value is -1.72.